The van der Waals surface area contributed by atoms with Crippen molar-refractivity contribution in [2.45, 2.75) is 45.4 Å². The molecule has 0 unspecified atom stereocenters. The van der Waals surface area contributed by atoms with Crippen LogP contribution in [0.25, 0.3) is 10.9 Å². The molecule has 2 aromatic rings. The molecule has 1 aliphatic rings. The van der Waals surface area contributed by atoms with Crippen molar-refractivity contribution < 1.29 is 0 Å². The smallest absolute Gasteiger partial charge is 0.0761 e. The van der Waals surface area contributed by atoms with Gasteiger partial charge >= 0.3 is 0 Å². The van der Waals surface area contributed by atoms with Crippen LogP contribution in [0.3, 0.4) is 0 Å². The molecule has 0 radical (unpaired) electrons. The average molecular weight is 255 g/mol. The number of benzene rings is 1. The molecule has 1 aromatic carbocycles. The third kappa shape index (κ3) is 2.08. The zero-order valence-corrected chi connectivity index (χ0v) is 11.7. The van der Waals surface area contributed by atoms with Crippen molar-refractivity contribution in [1.29, 1.82) is 0 Å². The van der Waals surface area contributed by atoms with Crippen LogP contribution >= 0.6 is 0 Å². The van der Waals surface area contributed by atoms with E-state index in [0.29, 0.717) is 5.92 Å². The Labute approximate surface area is 114 Å². The first-order valence-electron chi connectivity index (χ1n) is 7.12. The average Bonchev–Trinajstić information content (AvgIpc) is 2.45. The Morgan fingerprint density at radius 3 is 2.74 bits per heavy atom. The summed E-state index contributed by atoms with van der Waals surface area (Å²) < 4.78 is 0. The van der Waals surface area contributed by atoms with Gasteiger partial charge in [-0.3, -0.25) is 10.8 Å². The van der Waals surface area contributed by atoms with Crippen LogP contribution in [-0.2, 0) is 12.8 Å². The third-order valence-electron chi connectivity index (χ3n) is 4.07. The first kappa shape index (κ1) is 12.4. The molecule has 1 aromatic heterocycles. The van der Waals surface area contributed by atoms with Crippen molar-refractivity contribution in [3.8, 4) is 0 Å². The van der Waals surface area contributed by atoms with E-state index in [1.165, 1.54) is 30.4 Å². The Balaban J connectivity index is 2.31. The number of pyridine rings is 1. The molecule has 0 amide bonds. The Bertz CT molecular complexity index is 617. The van der Waals surface area contributed by atoms with Gasteiger partial charge in [0.2, 0.25) is 0 Å². The normalized spacial score (nSPS) is 14.7. The SMILES string of the molecule is CC(C)c1cc(NN)c2ccc3c(c2n1)CCCC3. The van der Waals surface area contributed by atoms with Crippen LogP contribution < -0.4 is 11.3 Å². The quantitative estimate of drug-likeness (QED) is 0.637. The fourth-order valence-corrected chi connectivity index (χ4v) is 2.96. The molecule has 0 aliphatic heterocycles. The number of hydrazine groups is 1. The van der Waals surface area contributed by atoms with Crippen molar-refractivity contribution in [2.75, 3.05) is 5.43 Å². The van der Waals surface area contributed by atoms with E-state index in [2.05, 4.69) is 37.5 Å². The predicted octanol–water partition coefficient (Wildman–Crippen LogP) is 3.52. The molecule has 100 valence electrons. The van der Waals surface area contributed by atoms with E-state index < -0.39 is 0 Å². The van der Waals surface area contributed by atoms with Crippen LogP contribution in [0.1, 0.15) is 49.4 Å². The number of aromatic nitrogens is 1. The van der Waals surface area contributed by atoms with E-state index in [9.17, 15) is 0 Å². The van der Waals surface area contributed by atoms with Crippen LogP contribution in [0.15, 0.2) is 18.2 Å². The number of anilines is 1. The molecule has 1 heterocycles. The highest BCUT2D eigenvalue weighted by Crippen LogP contribution is 2.33. The Morgan fingerprint density at radius 1 is 1.21 bits per heavy atom. The maximum Gasteiger partial charge on any atom is 0.0761 e. The minimum absolute atomic E-state index is 0.413. The number of nitrogens with two attached hydrogens (primary N) is 1. The lowest BCUT2D eigenvalue weighted by Gasteiger charge is -2.19. The van der Waals surface area contributed by atoms with E-state index in [-0.39, 0.29) is 0 Å². The fraction of sp³-hybridized carbons (Fsp3) is 0.438. The van der Waals surface area contributed by atoms with Crippen molar-refractivity contribution >= 4 is 16.6 Å². The number of rotatable bonds is 2. The summed E-state index contributed by atoms with van der Waals surface area (Å²) >= 11 is 0. The minimum Gasteiger partial charge on any atom is -0.323 e. The number of hydrogen-bond donors (Lipinski definition) is 2. The molecule has 3 N–H and O–H groups in total. The third-order valence-corrected chi connectivity index (χ3v) is 4.07. The molecule has 3 heteroatoms. The second-order valence-corrected chi connectivity index (χ2v) is 5.70. The summed E-state index contributed by atoms with van der Waals surface area (Å²) in [6.07, 6.45) is 4.89. The standard InChI is InChI=1S/C16H21N3/c1-10(2)14-9-15(19-17)13-8-7-11-5-3-4-6-12(11)16(13)18-14/h7-10H,3-6,17H2,1-2H3,(H,18,19). The van der Waals surface area contributed by atoms with E-state index in [0.717, 1.165) is 28.7 Å². The monoisotopic (exact) mass is 255 g/mol. The number of nitrogens with zero attached hydrogens (tertiary/aromatic N) is 1. The molecule has 19 heavy (non-hydrogen) atoms. The fourth-order valence-electron chi connectivity index (χ4n) is 2.96. The number of nitrogens with one attached hydrogen (secondary N) is 1. The highest BCUT2D eigenvalue weighted by Gasteiger charge is 2.16. The highest BCUT2D eigenvalue weighted by atomic mass is 15.2. The lowest BCUT2D eigenvalue weighted by molar-refractivity contribution is 0.688. The maximum absolute atomic E-state index is 5.68. The minimum atomic E-state index is 0.413. The van der Waals surface area contributed by atoms with Gasteiger partial charge in [0.1, 0.15) is 0 Å². The van der Waals surface area contributed by atoms with Gasteiger partial charge in [-0.25, -0.2) is 0 Å². The summed E-state index contributed by atoms with van der Waals surface area (Å²) in [5.41, 5.74) is 8.98. The molecular weight excluding hydrogens is 234 g/mol. The summed E-state index contributed by atoms with van der Waals surface area (Å²) in [6, 6.07) is 6.47. The Kier molecular flexibility index (Phi) is 3.15. The van der Waals surface area contributed by atoms with Crippen LogP contribution in [-0.4, -0.2) is 4.98 Å². The molecular formula is C16H21N3. The number of hydrogen-bond acceptors (Lipinski definition) is 3. The van der Waals surface area contributed by atoms with Gasteiger partial charge in [0, 0.05) is 11.1 Å². The lowest BCUT2D eigenvalue weighted by Crippen LogP contribution is -2.11. The van der Waals surface area contributed by atoms with Crippen LogP contribution in [0.4, 0.5) is 5.69 Å². The van der Waals surface area contributed by atoms with Crippen molar-refractivity contribution in [2.24, 2.45) is 5.84 Å². The second kappa shape index (κ2) is 4.82. The molecule has 3 rings (SSSR count). The van der Waals surface area contributed by atoms with E-state index in [1.807, 2.05) is 0 Å². The topological polar surface area (TPSA) is 50.9 Å². The Morgan fingerprint density at radius 2 is 2.00 bits per heavy atom. The van der Waals surface area contributed by atoms with Crippen LogP contribution in [0.5, 0.6) is 0 Å². The molecule has 1 aliphatic carbocycles. The van der Waals surface area contributed by atoms with Gasteiger partial charge in [0.15, 0.2) is 0 Å². The molecule has 0 saturated heterocycles. The van der Waals surface area contributed by atoms with Gasteiger partial charge in [-0.15, -0.1) is 0 Å². The van der Waals surface area contributed by atoms with Gasteiger partial charge in [-0.2, -0.15) is 0 Å². The first-order chi connectivity index (χ1) is 9.20. The highest BCUT2D eigenvalue weighted by molar-refractivity contribution is 5.94. The van der Waals surface area contributed by atoms with Crippen LogP contribution in [0, 0.1) is 0 Å². The lowest BCUT2D eigenvalue weighted by atomic mass is 9.89. The van der Waals surface area contributed by atoms with Crippen molar-refractivity contribution in [3.63, 3.8) is 0 Å². The van der Waals surface area contributed by atoms with Crippen LogP contribution in [0.2, 0.25) is 0 Å². The first-order valence-corrected chi connectivity index (χ1v) is 7.12. The molecule has 0 spiro atoms. The van der Waals surface area contributed by atoms with Gasteiger partial charge < -0.3 is 5.43 Å². The maximum atomic E-state index is 5.68. The van der Waals surface area contributed by atoms with E-state index in [4.69, 9.17) is 10.8 Å². The summed E-state index contributed by atoms with van der Waals surface area (Å²) in [5.74, 6) is 6.10. The zero-order valence-electron chi connectivity index (χ0n) is 11.7. The molecule has 0 saturated carbocycles. The number of aryl methyl sites for hydroxylation is 2. The summed E-state index contributed by atoms with van der Waals surface area (Å²) in [4.78, 5) is 4.90. The Hall–Kier alpha value is -1.61. The van der Waals surface area contributed by atoms with Gasteiger partial charge in [-0.1, -0.05) is 26.0 Å². The number of nitrogen functional groups attached to an aromatic ring is 1. The summed E-state index contributed by atoms with van der Waals surface area (Å²) in [5, 5.41) is 1.15. The van der Waals surface area contributed by atoms with Gasteiger partial charge in [0.25, 0.3) is 0 Å². The second-order valence-electron chi connectivity index (χ2n) is 5.70. The van der Waals surface area contributed by atoms with E-state index >= 15 is 0 Å². The molecule has 0 atom stereocenters. The number of fused-ring (bicyclic) bond motifs is 3. The largest absolute Gasteiger partial charge is 0.323 e. The zero-order chi connectivity index (χ0) is 13.4. The van der Waals surface area contributed by atoms with Gasteiger partial charge in [0.05, 0.1) is 11.2 Å². The summed E-state index contributed by atoms with van der Waals surface area (Å²) in [7, 11) is 0. The predicted molar refractivity (Wildman–Crippen MR) is 80.3 cm³/mol. The molecule has 0 bridgehead atoms. The van der Waals surface area contributed by atoms with E-state index in [1.54, 1.807) is 0 Å². The molecule has 0 fully saturated rings. The van der Waals surface area contributed by atoms with Crippen molar-refractivity contribution in [1.82, 2.24) is 4.98 Å². The van der Waals surface area contributed by atoms with Crippen molar-refractivity contribution in [3.05, 3.63) is 35.0 Å². The summed E-state index contributed by atoms with van der Waals surface area (Å²) in [6.45, 7) is 4.34. The van der Waals surface area contributed by atoms with Gasteiger partial charge in [-0.05, 0) is 48.8 Å². The molecule has 3 nitrogen and oxygen atoms in total.